The number of likely N-dealkylation sites (tertiary alicyclic amines) is 1. The van der Waals surface area contributed by atoms with Crippen molar-refractivity contribution in [2.75, 3.05) is 45.2 Å². The van der Waals surface area contributed by atoms with Crippen LogP contribution in [-0.2, 0) is 13.5 Å². The molecule has 0 unspecified atom stereocenters. The van der Waals surface area contributed by atoms with Gasteiger partial charge < -0.3 is 25.4 Å². The van der Waals surface area contributed by atoms with Gasteiger partial charge in [0.05, 0.1) is 41.6 Å². The van der Waals surface area contributed by atoms with Gasteiger partial charge in [0.15, 0.2) is 0 Å². The van der Waals surface area contributed by atoms with Crippen molar-refractivity contribution >= 4 is 39.9 Å². The maximum Gasteiger partial charge on any atom is 0.317 e. The maximum absolute atomic E-state index is 13.0. The van der Waals surface area contributed by atoms with Crippen molar-refractivity contribution in [1.29, 1.82) is 0 Å². The first-order valence-electron chi connectivity index (χ1n) is 17.7. The molecule has 0 radical (unpaired) electrons. The van der Waals surface area contributed by atoms with Crippen molar-refractivity contribution in [3.63, 3.8) is 0 Å². The number of nitrogens with zero attached hydrogens (tertiary/aromatic N) is 6. The molecule has 0 saturated carbocycles. The van der Waals surface area contributed by atoms with Gasteiger partial charge >= 0.3 is 6.03 Å². The third-order valence-corrected chi connectivity index (χ3v) is 11.5. The second-order valence-corrected chi connectivity index (χ2v) is 14.4. The van der Waals surface area contributed by atoms with Crippen LogP contribution in [0.4, 0.5) is 16.3 Å². The van der Waals surface area contributed by atoms with Crippen LogP contribution in [0.3, 0.4) is 0 Å². The summed E-state index contributed by atoms with van der Waals surface area (Å²) in [5.74, 6) is 1.07. The Morgan fingerprint density at radius 2 is 1.88 bits per heavy atom. The van der Waals surface area contributed by atoms with E-state index in [0.29, 0.717) is 40.6 Å². The number of carbonyl (C=O) groups excluding carboxylic acids is 1. The minimum Gasteiger partial charge on any atom is -0.481 e. The predicted octanol–water partition coefficient (Wildman–Crippen LogP) is 5.61. The lowest BCUT2D eigenvalue weighted by Gasteiger charge is -2.40. The molecule has 268 valence electrons. The van der Waals surface area contributed by atoms with Crippen molar-refractivity contribution in [3.05, 3.63) is 93.0 Å². The van der Waals surface area contributed by atoms with Crippen molar-refractivity contribution < 1.29 is 14.6 Å². The lowest BCUT2D eigenvalue weighted by molar-refractivity contribution is 0.127. The Hall–Kier alpha value is -5.04. The number of β-amino-alcohol motifs (C(OH)–C–C–N with tert-alkyl or cyclic N) is 1. The molecule has 0 bridgehead atoms. The summed E-state index contributed by atoms with van der Waals surface area (Å²) in [6, 6.07) is 15.9. The zero-order chi connectivity index (χ0) is 36.1. The topological polar surface area (TPSA) is 138 Å². The molecular weight excluding hydrogens is 680 g/mol. The number of anilines is 2. The van der Waals surface area contributed by atoms with Crippen LogP contribution in [0.25, 0.3) is 33.2 Å². The Labute approximate surface area is 306 Å². The van der Waals surface area contributed by atoms with Crippen molar-refractivity contribution in [3.8, 4) is 28.3 Å². The number of pyridine rings is 2. The number of amides is 2. The highest BCUT2D eigenvalue weighted by molar-refractivity contribution is 6.36. The summed E-state index contributed by atoms with van der Waals surface area (Å²) in [5, 5.41) is 21.9. The number of urea groups is 1. The predicted molar refractivity (Wildman–Crippen MR) is 201 cm³/mol. The van der Waals surface area contributed by atoms with Crippen molar-refractivity contribution in [2.45, 2.75) is 44.2 Å². The van der Waals surface area contributed by atoms with Gasteiger partial charge in [-0.2, -0.15) is 5.10 Å². The first-order valence-corrected chi connectivity index (χ1v) is 18.0. The Morgan fingerprint density at radius 1 is 1.10 bits per heavy atom. The summed E-state index contributed by atoms with van der Waals surface area (Å²) in [5.41, 5.74) is 6.94. The largest absolute Gasteiger partial charge is 0.481 e. The fourth-order valence-corrected chi connectivity index (χ4v) is 8.59. The molecule has 3 aliphatic rings. The second-order valence-electron chi connectivity index (χ2n) is 14.0. The number of aromatic nitrogens is 4. The van der Waals surface area contributed by atoms with Gasteiger partial charge in [0, 0.05) is 73.2 Å². The Balaban J connectivity index is 1.08. The third-order valence-electron chi connectivity index (χ3n) is 11.0. The number of rotatable bonds is 8. The smallest absolute Gasteiger partial charge is 0.317 e. The van der Waals surface area contributed by atoms with E-state index in [1.54, 1.807) is 37.5 Å². The molecule has 2 aliphatic heterocycles. The summed E-state index contributed by atoms with van der Waals surface area (Å²) in [6.07, 6.45) is 6.90. The van der Waals surface area contributed by atoms with E-state index >= 15 is 0 Å². The number of aliphatic hydroxyl groups excluding tert-OH is 1. The number of carbonyl (C=O) groups is 1. The number of hydrogen-bond acceptors (Lipinski definition) is 9. The van der Waals surface area contributed by atoms with E-state index in [0.717, 1.165) is 78.0 Å². The fraction of sp³-hybridized carbons (Fsp3) is 0.359. The van der Waals surface area contributed by atoms with Gasteiger partial charge in [-0.3, -0.25) is 9.69 Å². The normalized spacial score (nSPS) is 20.1. The molecule has 52 heavy (non-hydrogen) atoms. The van der Waals surface area contributed by atoms with Gasteiger partial charge in [0.25, 0.3) is 5.56 Å². The van der Waals surface area contributed by atoms with Crippen molar-refractivity contribution in [1.82, 2.24) is 34.9 Å². The molecule has 2 fully saturated rings. The minimum absolute atomic E-state index is 0.0346. The third kappa shape index (κ3) is 5.84. The number of nitrogens with one attached hydrogen (secondary N) is 2. The van der Waals surface area contributed by atoms with Gasteiger partial charge in [-0.1, -0.05) is 41.9 Å². The molecule has 2 atom stereocenters. The van der Waals surface area contributed by atoms with Gasteiger partial charge in [0.2, 0.25) is 5.88 Å². The van der Waals surface area contributed by atoms with E-state index in [1.165, 1.54) is 10.2 Å². The van der Waals surface area contributed by atoms with Gasteiger partial charge in [0.1, 0.15) is 5.82 Å². The van der Waals surface area contributed by atoms with E-state index in [-0.39, 0.29) is 29.8 Å². The van der Waals surface area contributed by atoms with E-state index in [1.807, 2.05) is 43.3 Å². The van der Waals surface area contributed by atoms with Crippen LogP contribution in [0.2, 0.25) is 5.02 Å². The van der Waals surface area contributed by atoms with Crippen LogP contribution in [0, 0.1) is 6.92 Å². The number of fused-ring (bicyclic) bond motifs is 2. The van der Waals surface area contributed by atoms with Crippen LogP contribution in [-0.4, -0.2) is 86.1 Å². The Kier molecular flexibility index (Phi) is 8.84. The van der Waals surface area contributed by atoms with Crippen molar-refractivity contribution in [2.24, 2.45) is 7.05 Å². The summed E-state index contributed by atoms with van der Waals surface area (Å²) >= 11 is 7.26. The molecule has 2 aromatic carbocycles. The van der Waals surface area contributed by atoms with E-state index < -0.39 is 0 Å². The monoisotopic (exact) mass is 720 g/mol. The zero-order valence-corrected chi connectivity index (χ0v) is 30.2. The van der Waals surface area contributed by atoms with Gasteiger partial charge in [-0.25, -0.2) is 19.4 Å². The second kappa shape index (κ2) is 13.5. The Bertz CT molecular complexity index is 2280. The average Bonchev–Trinajstić information content (AvgIpc) is 3.76. The quantitative estimate of drug-likeness (QED) is 0.187. The number of methoxy groups -OCH3 is 1. The summed E-state index contributed by atoms with van der Waals surface area (Å²) in [4.78, 5) is 39.5. The molecule has 3 aromatic heterocycles. The molecule has 8 rings (SSSR count). The number of aliphatic hydroxyl groups is 1. The molecule has 1 spiro atoms. The Morgan fingerprint density at radius 3 is 2.69 bits per heavy atom. The van der Waals surface area contributed by atoms with Gasteiger partial charge in [-0.15, -0.1) is 0 Å². The number of benzene rings is 2. The van der Waals surface area contributed by atoms with E-state index in [4.69, 9.17) is 21.3 Å². The first-order chi connectivity index (χ1) is 25.2. The molecule has 5 heterocycles. The number of halogens is 1. The standard InChI is InChI=1S/C39H41ClN8O4/c1-23-26(6-5-9-29(23)43-35-33-25(12-15-41-35)21-42-46(2)37(33)50)27-7-4-8-28(34(27)40)30-20-24-10-11-31(32(24)36(44-30)52-3)48-17-14-39(22-48)13-16-47(18-19-49)38(51)45-39/h4-9,12,15,20-21,31,49H,10-11,13-14,16-19,22H2,1-3H3,(H,41,43)(H,45,51)/t31-,39-/m0/s1. The van der Waals surface area contributed by atoms with Gasteiger partial charge in [-0.05, 0) is 67.5 Å². The minimum atomic E-state index is -0.259. The highest BCUT2D eigenvalue weighted by Gasteiger charge is 2.46. The molecule has 2 saturated heterocycles. The number of hydrogen-bond donors (Lipinski definition) is 3. The van der Waals surface area contributed by atoms with E-state index in [2.05, 4.69) is 31.7 Å². The molecule has 2 amide bonds. The maximum atomic E-state index is 13.0. The summed E-state index contributed by atoms with van der Waals surface area (Å²) in [6.45, 7) is 4.64. The van der Waals surface area contributed by atoms with Crippen LogP contribution in [0.1, 0.15) is 42.0 Å². The van der Waals surface area contributed by atoms with E-state index in [9.17, 15) is 14.7 Å². The highest BCUT2D eigenvalue weighted by atomic mass is 35.5. The lowest BCUT2D eigenvalue weighted by Crippen LogP contribution is -2.61. The molecular formula is C39H41ClN8O4. The molecule has 13 heteroatoms. The average molecular weight is 721 g/mol. The van der Waals surface area contributed by atoms with Crippen LogP contribution in [0.15, 0.2) is 65.7 Å². The molecule has 12 nitrogen and oxygen atoms in total. The van der Waals surface area contributed by atoms with Crippen LogP contribution in [0.5, 0.6) is 5.88 Å². The molecule has 3 N–H and O–H groups in total. The number of ether oxygens (including phenoxy) is 1. The lowest BCUT2D eigenvalue weighted by atomic mass is 9.92. The highest BCUT2D eigenvalue weighted by Crippen LogP contribution is 2.47. The zero-order valence-electron chi connectivity index (χ0n) is 29.4. The summed E-state index contributed by atoms with van der Waals surface area (Å²) < 4.78 is 7.28. The van der Waals surface area contributed by atoms with Crippen LogP contribution < -0.4 is 20.9 Å². The molecule has 5 aromatic rings. The SMILES string of the molecule is COc1nc(-c2cccc(-c3cccc(Nc4nccc5cnn(C)c(=O)c45)c3C)c2Cl)cc2c1[C@@H](N1CC[C@@]3(CCN(CCO)C(=O)N3)C1)CC2. The molecule has 1 aliphatic carbocycles. The van der Waals surface area contributed by atoms with Crippen LogP contribution >= 0.6 is 11.6 Å². The number of aryl methyl sites for hydroxylation is 2. The first kappa shape index (κ1) is 34.1. The summed E-state index contributed by atoms with van der Waals surface area (Å²) in [7, 11) is 3.29. The fourth-order valence-electron chi connectivity index (χ4n) is 8.27.